The number of ether oxygens (including phenoxy) is 3. The van der Waals surface area contributed by atoms with Gasteiger partial charge in [-0.3, -0.25) is 9.59 Å². The number of carbonyl (C=O) groups is 3. The minimum absolute atomic E-state index is 0.0439. The Morgan fingerprint density at radius 1 is 1.26 bits per heavy atom. The van der Waals surface area contributed by atoms with Crippen molar-refractivity contribution in [1.29, 1.82) is 0 Å². The van der Waals surface area contributed by atoms with Gasteiger partial charge in [0.1, 0.15) is 12.8 Å². The zero-order valence-electron chi connectivity index (χ0n) is 22.9. The molecule has 0 aliphatic heterocycles. The molecule has 4 aliphatic rings. The summed E-state index contributed by atoms with van der Waals surface area (Å²) in [7, 11) is 1.24. The molecule has 0 aromatic heterocycles. The zero-order valence-corrected chi connectivity index (χ0v) is 23.7. The quantitative estimate of drug-likeness (QED) is 0.289. The molecular formula is C29H36F2O7S. The highest BCUT2D eigenvalue weighted by Gasteiger charge is 2.77. The van der Waals surface area contributed by atoms with Crippen LogP contribution in [0.2, 0.25) is 0 Å². The fourth-order valence-corrected chi connectivity index (χ4v) is 8.46. The molecule has 4 aliphatic carbocycles. The Morgan fingerprint density at radius 3 is 2.59 bits per heavy atom. The Labute approximate surface area is 232 Å². The number of fused-ring (bicyclic) bond motifs is 5. The number of hydrogen-bond donors (Lipinski definition) is 1. The van der Waals surface area contributed by atoms with E-state index in [-0.39, 0.29) is 36.5 Å². The van der Waals surface area contributed by atoms with Crippen LogP contribution in [-0.2, 0) is 28.6 Å². The summed E-state index contributed by atoms with van der Waals surface area (Å²) < 4.78 is 49.7. The van der Waals surface area contributed by atoms with Gasteiger partial charge in [0, 0.05) is 35.2 Å². The summed E-state index contributed by atoms with van der Waals surface area (Å²) in [6.45, 7) is 6.70. The van der Waals surface area contributed by atoms with Gasteiger partial charge in [-0.15, -0.1) is 0 Å². The topological polar surface area (TPSA) is 99.1 Å². The summed E-state index contributed by atoms with van der Waals surface area (Å²) >= 11 is 5.72. The lowest BCUT2D eigenvalue weighted by Crippen LogP contribution is -2.71. The van der Waals surface area contributed by atoms with Gasteiger partial charge in [-0.05, 0) is 68.1 Å². The third-order valence-electron chi connectivity index (χ3n) is 9.80. The SMILES string of the molecule is CCC(=O)O[C@]1(C(=S)OC/C=C/C(=O)OC)[C@H](C)C[C@H]2[C@@H]3C[C@H](F)C4=CC(=O)C=C[C@]4(C)[C@@]3(F)[C@@H](O)C[C@@]21C. The van der Waals surface area contributed by atoms with Gasteiger partial charge in [0.25, 0.3) is 0 Å². The third kappa shape index (κ3) is 4.12. The Bertz CT molecular complexity index is 1170. The van der Waals surface area contributed by atoms with E-state index in [1.807, 2.05) is 6.92 Å². The van der Waals surface area contributed by atoms with Crippen LogP contribution in [0.1, 0.15) is 53.4 Å². The Hall–Kier alpha value is -2.46. The third-order valence-corrected chi connectivity index (χ3v) is 10.2. The van der Waals surface area contributed by atoms with E-state index in [0.29, 0.717) is 6.42 Å². The maximum absolute atomic E-state index is 17.5. The van der Waals surface area contributed by atoms with Gasteiger partial charge in [0.05, 0.1) is 13.2 Å². The molecule has 0 bridgehead atoms. The standard InChI is InChI=1S/C29H36F2O7S/c1-6-23(34)38-29(25(39)37-11-7-8-24(35)36-5)16(2)12-18-19-14-21(30)20-13-17(32)9-10-26(20,3)28(19,31)22(33)15-27(18,29)4/h7-10,13,16,18-19,21-22,33H,6,11-12,14-15H2,1-5H3/b8-7+/t16-,18+,19+,21+,22+,26+,27+,28+,29+/m1/s1. The van der Waals surface area contributed by atoms with Crippen molar-refractivity contribution in [2.24, 2.45) is 28.6 Å². The summed E-state index contributed by atoms with van der Waals surface area (Å²) in [6, 6.07) is 0. The normalized spacial score (nSPS) is 42.7. The second-order valence-corrected chi connectivity index (χ2v) is 12.0. The lowest BCUT2D eigenvalue weighted by molar-refractivity contribution is -0.222. The zero-order chi connectivity index (χ0) is 29.0. The monoisotopic (exact) mass is 566 g/mol. The van der Waals surface area contributed by atoms with Crippen molar-refractivity contribution in [2.45, 2.75) is 76.9 Å². The minimum Gasteiger partial charge on any atom is -0.479 e. The second kappa shape index (κ2) is 10.2. The smallest absolute Gasteiger partial charge is 0.330 e. The second-order valence-electron chi connectivity index (χ2n) is 11.6. The average molecular weight is 567 g/mol. The molecule has 0 amide bonds. The first-order valence-electron chi connectivity index (χ1n) is 13.3. The molecule has 0 radical (unpaired) electrons. The maximum Gasteiger partial charge on any atom is 0.330 e. The number of rotatable bonds is 6. The largest absolute Gasteiger partial charge is 0.479 e. The number of ketones is 1. The summed E-state index contributed by atoms with van der Waals surface area (Å²) in [6.07, 6.45) is 3.25. The lowest BCUT2D eigenvalue weighted by Gasteiger charge is -2.63. The molecule has 3 saturated carbocycles. The van der Waals surface area contributed by atoms with Crippen LogP contribution in [-0.4, -0.2) is 65.1 Å². The van der Waals surface area contributed by atoms with Crippen LogP contribution < -0.4 is 0 Å². The van der Waals surface area contributed by atoms with Crippen molar-refractivity contribution >= 4 is 35.0 Å². The molecule has 4 rings (SSSR count). The maximum atomic E-state index is 17.5. The van der Waals surface area contributed by atoms with Gasteiger partial charge in [0.15, 0.2) is 17.1 Å². The van der Waals surface area contributed by atoms with Crippen molar-refractivity contribution in [3.05, 3.63) is 36.0 Å². The van der Waals surface area contributed by atoms with Crippen LogP contribution in [0.4, 0.5) is 8.78 Å². The number of thiocarbonyl (C=S) groups is 1. The van der Waals surface area contributed by atoms with E-state index < -0.39 is 69.9 Å². The summed E-state index contributed by atoms with van der Waals surface area (Å²) in [4.78, 5) is 36.3. The Morgan fingerprint density at radius 2 is 1.95 bits per heavy atom. The highest BCUT2D eigenvalue weighted by atomic mass is 32.1. The van der Waals surface area contributed by atoms with Crippen LogP contribution in [0.5, 0.6) is 0 Å². The number of hydrogen-bond acceptors (Lipinski definition) is 8. The molecule has 1 N–H and O–H groups in total. The van der Waals surface area contributed by atoms with Gasteiger partial charge in [-0.1, -0.05) is 26.8 Å². The molecule has 7 nitrogen and oxygen atoms in total. The predicted octanol–water partition coefficient (Wildman–Crippen LogP) is 4.32. The van der Waals surface area contributed by atoms with Crippen LogP contribution in [0.15, 0.2) is 36.0 Å². The molecule has 214 valence electrons. The fraction of sp³-hybridized carbons (Fsp3) is 0.655. The predicted molar refractivity (Wildman–Crippen MR) is 142 cm³/mol. The number of carbonyl (C=O) groups excluding carboxylic acids is 3. The van der Waals surface area contributed by atoms with Crippen molar-refractivity contribution in [3.63, 3.8) is 0 Å². The molecule has 3 fully saturated rings. The number of halogens is 2. The molecule has 0 aromatic rings. The highest BCUT2D eigenvalue weighted by molar-refractivity contribution is 7.80. The van der Waals surface area contributed by atoms with E-state index in [1.165, 1.54) is 38.3 Å². The molecule has 0 aromatic carbocycles. The lowest BCUT2D eigenvalue weighted by atomic mass is 9.44. The van der Waals surface area contributed by atoms with E-state index in [2.05, 4.69) is 4.74 Å². The molecule has 0 spiro atoms. The van der Waals surface area contributed by atoms with Crippen LogP contribution >= 0.6 is 12.2 Å². The Kier molecular flexibility index (Phi) is 7.70. The van der Waals surface area contributed by atoms with Crippen LogP contribution in [0.3, 0.4) is 0 Å². The first-order valence-corrected chi connectivity index (χ1v) is 13.7. The minimum atomic E-state index is -2.26. The Balaban J connectivity index is 1.78. The van der Waals surface area contributed by atoms with E-state index in [1.54, 1.807) is 13.8 Å². The number of alkyl halides is 2. The van der Waals surface area contributed by atoms with Crippen LogP contribution in [0.25, 0.3) is 0 Å². The number of allylic oxidation sites excluding steroid dienone is 4. The average Bonchev–Trinajstić information content (AvgIpc) is 3.11. The van der Waals surface area contributed by atoms with E-state index >= 15 is 8.78 Å². The summed E-state index contributed by atoms with van der Waals surface area (Å²) in [5.74, 6) is -3.45. The van der Waals surface area contributed by atoms with E-state index in [4.69, 9.17) is 21.7 Å². The molecule has 0 unspecified atom stereocenters. The molecule has 39 heavy (non-hydrogen) atoms. The highest BCUT2D eigenvalue weighted by Crippen LogP contribution is 2.71. The van der Waals surface area contributed by atoms with Gasteiger partial charge in [-0.25, -0.2) is 13.6 Å². The van der Waals surface area contributed by atoms with Gasteiger partial charge in [0.2, 0.25) is 5.05 Å². The van der Waals surface area contributed by atoms with Crippen LogP contribution in [0, 0.1) is 28.6 Å². The van der Waals surface area contributed by atoms with Crippen molar-refractivity contribution in [2.75, 3.05) is 13.7 Å². The summed E-state index contributed by atoms with van der Waals surface area (Å²) in [5.41, 5.74) is -6.34. The van der Waals surface area contributed by atoms with Crippen molar-refractivity contribution < 1.29 is 42.5 Å². The number of aliphatic hydroxyl groups excluding tert-OH is 1. The first kappa shape index (κ1) is 29.5. The van der Waals surface area contributed by atoms with Crippen molar-refractivity contribution in [3.8, 4) is 0 Å². The molecule has 9 atom stereocenters. The summed E-state index contributed by atoms with van der Waals surface area (Å²) in [5, 5.41) is 11.6. The fourth-order valence-electron chi connectivity index (χ4n) is 7.91. The first-order chi connectivity index (χ1) is 18.2. The van der Waals surface area contributed by atoms with Gasteiger partial charge >= 0.3 is 11.9 Å². The van der Waals surface area contributed by atoms with Gasteiger partial charge in [-0.2, -0.15) is 0 Å². The molecule has 0 heterocycles. The molecule has 10 heteroatoms. The van der Waals surface area contributed by atoms with Gasteiger partial charge < -0.3 is 19.3 Å². The molecule has 0 saturated heterocycles. The number of aliphatic hydroxyl groups is 1. The van der Waals surface area contributed by atoms with E-state index in [0.717, 1.165) is 6.08 Å². The van der Waals surface area contributed by atoms with Crippen molar-refractivity contribution in [1.82, 2.24) is 0 Å². The molecular weight excluding hydrogens is 530 g/mol. The number of esters is 2. The van der Waals surface area contributed by atoms with E-state index in [9.17, 15) is 19.5 Å². The number of methoxy groups -OCH3 is 1.